The molecule has 1 saturated heterocycles. The molecule has 0 aromatic heterocycles. The van der Waals surface area contributed by atoms with Crippen LogP contribution in [0.15, 0.2) is 0 Å². The number of hydrogen-bond donors (Lipinski definition) is 3. The highest BCUT2D eigenvalue weighted by Crippen LogP contribution is 2.10. The maximum absolute atomic E-state index is 9.20. The Labute approximate surface area is 92.3 Å². The number of aliphatic hydroxyl groups is 2. The lowest BCUT2D eigenvalue weighted by molar-refractivity contribution is 0.0877. The fourth-order valence-corrected chi connectivity index (χ4v) is 2.04. The molecule has 0 amide bonds. The zero-order valence-electron chi connectivity index (χ0n) is 9.65. The first-order valence-electron chi connectivity index (χ1n) is 6.01. The topological polar surface area (TPSA) is 55.7 Å². The molecular formula is C11H24N2O2. The van der Waals surface area contributed by atoms with Crippen LogP contribution in [0.5, 0.6) is 0 Å². The van der Waals surface area contributed by atoms with Crippen molar-refractivity contribution in [2.24, 2.45) is 0 Å². The van der Waals surface area contributed by atoms with Crippen LogP contribution < -0.4 is 5.32 Å². The summed E-state index contributed by atoms with van der Waals surface area (Å²) in [6, 6.07) is 0.513. The van der Waals surface area contributed by atoms with Gasteiger partial charge < -0.3 is 20.4 Å². The fourth-order valence-electron chi connectivity index (χ4n) is 2.04. The summed E-state index contributed by atoms with van der Waals surface area (Å²) in [7, 11) is 0. The van der Waals surface area contributed by atoms with Gasteiger partial charge >= 0.3 is 0 Å². The van der Waals surface area contributed by atoms with Crippen molar-refractivity contribution in [1.82, 2.24) is 10.2 Å². The van der Waals surface area contributed by atoms with Gasteiger partial charge in [0.2, 0.25) is 0 Å². The minimum absolute atomic E-state index is 0.151. The third-order valence-corrected chi connectivity index (χ3v) is 2.98. The molecule has 1 atom stereocenters. The second-order valence-corrected chi connectivity index (χ2v) is 4.36. The molecule has 1 aliphatic rings. The molecule has 0 aliphatic carbocycles. The largest absolute Gasteiger partial charge is 0.394 e. The van der Waals surface area contributed by atoms with Crippen LogP contribution in [0.1, 0.15) is 26.2 Å². The molecule has 1 rings (SSSR count). The Morgan fingerprint density at radius 3 is 2.60 bits per heavy atom. The van der Waals surface area contributed by atoms with E-state index in [0.717, 1.165) is 25.9 Å². The first-order valence-corrected chi connectivity index (χ1v) is 6.01. The summed E-state index contributed by atoms with van der Waals surface area (Å²) < 4.78 is 0. The van der Waals surface area contributed by atoms with Gasteiger partial charge in [-0.05, 0) is 38.9 Å². The zero-order chi connectivity index (χ0) is 11.1. The van der Waals surface area contributed by atoms with E-state index in [1.807, 2.05) is 0 Å². The number of nitrogens with zero attached hydrogens (tertiary/aromatic N) is 1. The zero-order valence-corrected chi connectivity index (χ0v) is 9.65. The van der Waals surface area contributed by atoms with E-state index in [2.05, 4.69) is 17.1 Å². The fraction of sp³-hybridized carbons (Fsp3) is 1.00. The van der Waals surface area contributed by atoms with Gasteiger partial charge in [-0.2, -0.15) is 0 Å². The Bertz CT molecular complexity index is 159. The van der Waals surface area contributed by atoms with Crippen LogP contribution in [0, 0.1) is 0 Å². The van der Waals surface area contributed by atoms with Crippen molar-refractivity contribution in [2.45, 2.75) is 38.3 Å². The van der Waals surface area contributed by atoms with Crippen LogP contribution in [0.2, 0.25) is 0 Å². The summed E-state index contributed by atoms with van der Waals surface area (Å²) in [5, 5.41) is 21.2. The molecule has 0 aromatic carbocycles. The molecular weight excluding hydrogens is 192 g/mol. The third kappa shape index (κ3) is 4.93. The first kappa shape index (κ1) is 12.9. The number of piperidine rings is 1. The number of rotatable bonds is 6. The van der Waals surface area contributed by atoms with Crippen molar-refractivity contribution in [3.63, 3.8) is 0 Å². The van der Waals surface area contributed by atoms with Crippen LogP contribution >= 0.6 is 0 Å². The second kappa shape index (κ2) is 7.17. The lowest BCUT2D eigenvalue weighted by Gasteiger charge is -2.32. The molecule has 4 heteroatoms. The van der Waals surface area contributed by atoms with E-state index in [-0.39, 0.29) is 6.61 Å². The molecule has 0 aromatic rings. The Balaban J connectivity index is 2.09. The van der Waals surface area contributed by atoms with Gasteiger partial charge in [0, 0.05) is 12.6 Å². The SMILES string of the molecule is CCCN1CCC(NC[C@H](O)CO)CC1. The van der Waals surface area contributed by atoms with E-state index in [1.54, 1.807) is 0 Å². The van der Waals surface area contributed by atoms with Crippen molar-refractivity contribution < 1.29 is 10.2 Å². The minimum atomic E-state index is -0.612. The van der Waals surface area contributed by atoms with Gasteiger partial charge in [0.15, 0.2) is 0 Å². The molecule has 0 spiro atoms. The summed E-state index contributed by atoms with van der Waals surface area (Å²) in [6.07, 6.45) is 2.91. The summed E-state index contributed by atoms with van der Waals surface area (Å²) in [5.41, 5.74) is 0. The maximum atomic E-state index is 9.20. The minimum Gasteiger partial charge on any atom is -0.394 e. The smallest absolute Gasteiger partial charge is 0.0895 e. The highest BCUT2D eigenvalue weighted by atomic mass is 16.3. The number of nitrogens with one attached hydrogen (secondary N) is 1. The Morgan fingerprint density at radius 1 is 1.40 bits per heavy atom. The summed E-state index contributed by atoms with van der Waals surface area (Å²) in [5.74, 6) is 0. The highest BCUT2D eigenvalue weighted by Gasteiger charge is 2.18. The van der Waals surface area contributed by atoms with Crippen molar-refractivity contribution in [3.8, 4) is 0 Å². The van der Waals surface area contributed by atoms with Gasteiger partial charge in [-0.1, -0.05) is 6.92 Å². The van der Waals surface area contributed by atoms with Gasteiger partial charge in [-0.25, -0.2) is 0 Å². The molecule has 3 N–H and O–H groups in total. The van der Waals surface area contributed by atoms with Crippen LogP contribution in [-0.4, -0.2) is 60.0 Å². The average Bonchev–Trinajstić information content (AvgIpc) is 2.28. The molecule has 0 bridgehead atoms. The molecule has 15 heavy (non-hydrogen) atoms. The quantitative estimate of drug-likeness (QED) is 0.576. The molecule has 0 radical (unpaired) electrons. The highest BCUT2D eigenvalue weighted by molar-refractivity contribution is 4.77. The third-order valence-electron chi connectivity index (χ3n) is 2.98. The van der Waals surface area contributed by atoms with Crippen molar-refractivity contribution in [1.29, 1.82) is 0 Å². The van der Waals surface area contributed by atoms with Gasteiger partial charge in [0.05, 0.1) is 12.7 Å². The van der Waals surface area contributed by atoms with E-state index in [4.69, 9.17) is 5.11 Å². The summed E-state index contributed by atoms with van der Waals surface area (Å²) >= 11 is 0. The van der Waals surface area contributed by atoms with Gasteiger partial charge in [0.25, 0.3) is 0 Å². The molecule has 1 heterocycles. The lowest BCUT2D eigenvalue weighted by atomic mass is 10.0. The Kier molecular flexibility index (Phi) is 6.17. The molecule has 4 nitrogen and oxygen atoms in total. The maximum Gasteiger partial charge on any atom is 0.0895 e. The van der Waals surface area contributed by atoms with E-state index in [9.17, 15) is 5.11 Å². The van der Waals surface area contributed by atoms with Crippen molar-refractivity contribution in [2.75, 3.05) is 32.8 Å². The molecule has 90 valence electrons. The number of aliphatic hydroxyl groups excluding tert-OH is 2. The Hall–Kier alpha value is -0.160. The van der Waals surface area contributed by atoms with E-state index < -0.39 is 6.10 Å². The molecule has 1 fully saturated rings. The van der Waals surface area contributed by atoms with Crippen LogP contribution in [-0.2, 0) is 0 Å². The van der Waals surface area contributed by atoms with Crippen LogP contribution in [0.3, 0.4) is 0 Å². The second-order valence-electron chi connectivity index (χ2n) is 4.36. The average molecular weight is 216 g/mol. The summed E-state index contributed by atoms with van der Waals surface area (Å²) in [4.78, 5) is 2.49. The normalized spacial score (nSPS) is 21.8. The molecule has 1 aliphatic heterocycles. The van der Waals surface area contributed by atoms with Crippen LogP contribution in [0.4, 0.5) is 0 Å². The van der Waals surface area contributed by atoms with Gasteiger partial charge in [-0.15, -0.1) is 0 Å². The number of likely N-dealkylation sites (tertiary alicyclic amines) is 1. The van der Waals surface area contributed by atoms with Crippen molar-refractivity contribution >= 4 is 0 Å². The van der Waals surface area contributed by atoms with E-state index in [0.29, 0.717) is 12.6 Å². The molecule has 0 saturated carbocycles. The predicted octanol–water partition coefficient (Wildman–Crippen LogP) is -0.196. The Morgan fingerprint density at radius 2 is 2.07 bits per heavy atom. The van der Waals surface area contributed by atoms with E-state index >= 15 is 0 Å². The summed E-state index contributed by atoms with van der Waals surface area (Å²) in [6.45, 7) is 6.08. The predicted molar refractivity (Wildman–Crippen MR) is 60.8 cm³/mol. The van der Waals surface area contributed by atoms with Crippen molar-refractivity contribution in [3.05, 3.63) is 0 Å². The lowest BCUT2D eigenvalue weighted by Crippen LogP contribution is -2.45. The van der Waals surface area contributed by atoms with Crippen LogP contribution in [0.25, 0.3) is 0 Å². The first-order chi connectivity index (χ1) is 7.26. The van der Waals surface area contributed by atoms with Gasteiger partial charge in [-0.3, -0.25) is 0 Å². The standard InChI is InChI=1S/C11H24N2O2/c1-2-5-13-6-3-10(4-7-13)12-8-11(15)9-14/h10-12,14-15H,2-9H2,1H3/t11-/m0/s1. The van der Waals surface area contributed by atoms with Gasteiger partial charge in [0.1, 0.15) is 0 Å². The monoisotopic (exact) mass is 216 g/mol. The number of hydrogen-bond acceptors (Lipinski definition) is 4. The van der Waals surface area contributed by atoms with E-state index in [1.165, 1.54) is 13.0 Å². The molecule has 0 unspecified atom stereocenters.